The summed E-state index contributed by atoms with van der Waals surface area (Å²) in [5.74, 6) is 0.476. The van der Waals surface area contributed by atoms with Gasteiger partial charge in [0.2, 0.25) is 0 Å². The van der Waals surface area contributed by atoms with Gasteiger partial charge in [0.25, 0.3) is 0 Å². The maximum atomic E-state index is 12.2. The molecule has 98 valence electrons. The molecule has 3 nitrogen and oxygen atoms in total. The van der Waals surface area contributed by atoms with Crippen LogP contribution in [0.3, 0.4) is 0 Å². The van der Waals surface area contributed by atoms with Crippen LogP contribution in [0.25, 0.3) is 11.3 Å². The molecule has 1 aromatic carbocycles. The highest BCUT2D eigenvalue weighted by Gasteiger charge is 2.30. The number of aromatic nitrogens is 2. The molecule has 1 aliphatic rings. The summed E-state index contributed by atoms with van der Waals surface area (Å²) in [4.78, 5) is 16.5. The van der Waals surface area contributed by atoms with Crippen molar-refractivity contribution in [3.8, 4) is 11.3 Å². The van der Waals surface area contributed by atoms with Crippen molar-refractivity contribution in [2.75, 3.05) is 0 Å². The molecular formula is C16H18N2O. The summed E-state index contributed by atoms with van der Waals surface area (Å²) >= 11 is 0. The van der Waals surface area contributed by atoms with Crippen molar-refractivity contribution in [3.05, 3.63) is 42.4 Å². The lowest BCUT2D eigenvalue weighted by Crippen LogP contribution is -2.16. The molecule has 1 aliphatic heterocycles. The second-order valence-corrected chi connectivity index (χ2v) is 5.27. The Hall–Kier alpha value is -1.90. The molecule has 19 heavy (non-hydrogen) atoms. The first-order chi connectivity index (χ1) is 9.22. The average molecular weight is 254 g/mol. The molecule has 2 unspecified atom stereocenters. The molecule has 0 aliphatic carbocycles. The lowest BCUT2D eigenvalue weighted by Gasteiger charge is -2.16. The number of benzene rings is 1. The van der Waals surface area contributed by atoms with E-state index in [0.717, 1.165) is 12.1 Å². The van der Waals surface area contributed by atoms with Gasteiger partial charge in [0, 0.05) is 17.9 Å². The number of Topliss-reactive ketones (excluding diaryl/α,β-unsaturated/α-hetero) is 1. The third-order valence-corrected chi connectivity index (χ3v) is 4.15. The van der Waals surface area contributed by atoms with E-state index in [0.29, 0.717) is 12.2 Å². The Balaban J connectivity index is 1.97. The second-order valence-electron chi connectivity index (χ2n) is 5.27. The highest BCUT2D eigenvalue weighted by Crippen LogP contribution is 2.41. The van der Waals surface area contributed by atoms with Gasteiger partial charge in [-0.1, -0.05) is 38.1 Å². The van der Waals surface area contributed by atoms with Crippen molar-refractivity contribution in [2.24, 2.45) is 5.92 Å². The lowest BCUT2D eigenvalue weighted by molar-refractivity contribution is -0.122. The van der Waals surface area contributed by atoms with Gasteiger partial charge in [-0.25, -0.2) is 4.98 Å². The maximum absolute atomic E-state index is 12.2. The summed E-state index contributed by atoms with van der Waals surface area (Å²) in [5, 5.41) is 0. The summed E-state index contributed by atoms with van der Waals surface area (Å²) < 4.78 is 2.13. The van der Waals surface area contributed by atoms with E-state index < -0.39 is 0 Å². The van der Waals surface area contributed by atoms with E-state index in [4.69, 9.17) is 0 Å². The molecule has 0 bridgehead atoms. The van der Waals surface area contributed by atoms with Crippen molar-refractivity contribution >= 4 is 5.78 Å². The van der Waals surface area contributed by atoms with Crippen molar-refractivity contribution in [1.82, 2.24) is 9.55 Å². The van der Waals surface area contributed by atoms with Crippen molar-refractivity contribution in [2.45, 2.75) is 32.7 Å². The maximum Gasteiger partial charge on any atom is 0.138 e. The molecule has 2 aromatic rings. The molecule has 1 aromatic heterocycles. The Labute approximate surface area is 113 Å². The van der Waals surface area contributed by atoms with Gasteiger partial charge in [0.1, 0.15) is 5.78 Å². The van der Waals surface area contributed by atoms with E-state index in [9.17, 15) is 4.79 Å². The Bertz CT molecular complexity index is 615. The number of carbonyl (C=O) groups excluding carboxylic acids is 1. The van der Waals surface area contributed by atoms with Gasteiger partial charge in [0.15, 0.2) is 0 Å². The Kier molecular flexibility index (Phi) is 2.97. The molecule has 0 N–H and O–H groups in total. The molecule has 0 saturated carbocycles. The van der Waals surface area contributed by atoms with Gasteiger partial charge in [-0.2, -0.15) is 0 Å². The monoisotopic (exact) mass is 254 g/mol. The largest absolute Gasteiger partial charge is 0.323 e. The highest BCUT2D eigenvalue weighted by molar-refractivity contribution is 5.83. The van der Waals surface area contributed by atoms with Crippen LogP contribution in [0, 0.1) is 5.92 Å². The van der Waals surface area contributed by atoms with Crippen molar-refractivity contribution < 1.29 is 4.79 Å². The van der Waals surface area contributed by atoms with Gasteiger partial charge in [-0.15, -0.1) is 0 Å². The second kappa shape index (κ2) is 4.65. The summed E-state index contributed by atoms with van der Waals surface area (Å²) in [5.41, 5.74) is 3.58. The smallest absolute Gasteiger partial charge is 0.138 e. The van der Waals surface area contributed by atoms with E-state index in [-0.39, 0.29) is 12.0 Å². The van der Waals surface area contributed by atoms with Crippen LogP contribution < -0.4 is 0 Å². The number of ketones is 1. The van der Waals surface area contributed by atoms with Crippen LogP contribution in [0.5, 0.6) is 0 Å². The van der Waals surface area contributed by atoms with Gasteiger partial charge < -0.3 is 4.57 Å². The Morgan fingerprint density at radius 3 is 3.00 bits per heavy atom. The number of imidazole rings is 1. The lowest BCUT2D eigenvalue weighted by atomic mass is 9.93. The van der Waals surface area contributed by atoms with Gasteiger partial charge in [-0.3, -0.25) is 4.79 Å². The molecule has 0 amide bonds. The standard InChI is InChI=1S/C16H18N2O/c1-3-11(2)16(19)8-14-12-6-4-5-7-13(12)15-9-17-10-18(14)15/h4-7,9-11,14H,3,8H2,1-2H3. The summed E-state index contributed by atoms with van der Waals surface area (Å²) in [6, 6.07) is 8.43. The Morgan fingerprint density at radius 2 is 2.21 bits per heavy atom. The number of hydrogen-bond donors (Lipinski definition) is 0. The fourth-order valence-electron chi connectivity index (χ4n) is 2.76. The fourth-order valence-corrected chi connectivity index (χ4v) is 2.76. The number of nitrogens with zero attached hydrogens (tertiary/aromatic N) is 2. The molecule has 0 fully saturated rings. The molecule has 0 radical (unpaired) electrons. The van der Waals surface area contributed by atoms with Crippen LogP contribution in [0.4, 0.5) is 0 Å². The predicted octanol–water partition coefficient (Wildman–Crippen LogP) is 3.46. The molecule has 3 heteroatoms. The van der Waals surface area contributed by atoms with Crippen molar-refractivity contribution in [1.29, 1.82) is 0 Å². The van der Waals surface area contributed by atoms with Crippen LogP contribution in [-0.2, 0) is 4.79 Å². The van der Waals surface area contributed by atoms with Crippen LogP contribution in [0.2, 0.25) is 0 Å². The topological polar surface area (TPSA) is 34.9 Å². The number of rotatable bonds is 4. The normalized spacial score (nSPS) is 17.9. The van der Waals surface area contributed by atoms with E-state index in [1.807, 2.05) is 31.6 Å². The first-order valence-corrected chi connectivity index (χ1v) is 6.86. The van der Waals surface area contributed by atoms with Crippen molar-refractivity contribution in [3.63, 3.8) is 0 Å². The number of carbonyl (C=O) groups is 1. The summed E-state index contributed by atoms with van der Waals surface area (Å²) in [6.45, 7) is 4.08. The zero-order valence-electron chi connectivity index (χ0n) is 11.3. The van der Waals surface area contributed by atoms with Gasteiger partial charge in [-0.05, 0) is 12.0 Å². The van der Waals surface area contributed by atoms with Crippen LogP contribution in [-0.4, -0.2) is 15.3 Å². The molecule has 2 heterocycles. The summed E-state index contributed by atoms with van der Waals surface area (Å²) in [6.07, 6.45) is 5.19. The molecule has 2 atom stereocenters. The van der Waals surface area contributed by atoms with Crippen LogP contribution in [0.15, 0.2) is 36.8 Å². The molecular weight excluding hydrogens is 236 g/mol. The fraction of sp³-hybridized carbons (Fsp3) is 0.375. The third kappa shape index (κ3) is 1.89. The van der Waals surface area contributed by atoms with Gasteiger partial charge >= 0.3 is 0 Å². The minimum atomic E-state index is 0.121. The summed E-state index contributed by atoms with van der Waals surface area (Å²) in [7, 11) is 0. The highest BCUT2D eigenvalue weighted by atomic mass is 16.1. The minimum absolute atomic E-state index is 0.121. The van der Waals surface area contributed by atoms with Crippen LogP contribution >= 0.6 is 0 Å². The van der Waals surface area contributed by atoms with E-state index in [2.05, 4.69) is 28.6 Å². The SMILES string of the molecule is CCC(C)C(=O)CC1c2ccccc2-c2cncn21. The number of fused-ring (bicyclic) bond motifs is 3. The first kappa shape index (κ1) is 12.2. The quantitative estimate of drug-likeness (QED) is 0.837. The van der Waals surface area contributed by atoms with Gasteiger partial charge in [0.05, 0.1) is 24.3 Å². The zero-order valence-corrected chi connectivity index (χ0v) is 11.3. The van der Waals surface area contributed by atoms with E-state index in [1.165, 1.54) is 11.1 Å². The first-order valence-electron chi connectivity index (χ1n) is 6.86. The average Bonchev–Trinajstić information content (AvgIpc) is 3.01. The molecule has 3 rings (SSSR count). The zero-order chi connectivity index (χ0) is 13.4. The Morgan fingerprint density at radius 1 is 1.42 bits per heavy atom. The van der Waals surface area contributed by atoms with Crippen LogP contribution in [0.1, 0.15) is 38.3 Å². The van der Waals surface area contributed by atoms with E-state index in [1.54, 1.807) is 0 Å². The third-order valence-electron chi connectivity index (χ3n) is 4.15. The molecule has 0 saturated heterocycles. The minimum Gasteiger partial charge on any atom is -0.323 e. The predicted molar refractivity (Wildman–Crippen MR) is 74.9 cm³/mol. The van der Waals surface area contributed by atoms with E-state index >= 15 is 0 Å². The molecule has 0 spiro atoms. The number of hydrogen-bond acceptors (Lipinski definition) is 2.